The van der Waals surface area contributed by atoms with Gasteiger partial charge in [0.1, 0.15) is 12.1 Å². The van der Waals surface area contributed by atoms with Crippen LogP contribution in [0.25, 0.3) is 0 Å². The molecule has 1 aliphatic carbocycles. The third kappa shape index (κ3) is 4.66. The number of nitrogens with zero attached hydrogens (tertiary/aromatic N) is 1. The van der Waals surface area contributed by atoms with Crippen molar-refractivity contribution in [3.8, 4) is 0 Å². The Morgan fingerprint density at radius 2 is 1.93 bits per heavy atom. The van der Waals surface area contributed by atoms with Gasteiger partial charge < -0.3 is 21.1 Å². The lowest BCUT2D eigenvalue weighted by molar-refractivity contribution is -0.149. The molecular formula is C20H27N3O4. The highest BCUT2D eigenvalue weighted by atomic mass is 16.4. The van der Waals surface area contributed by atoms with Gasteiger partial charge in [-0.1, -0.05) is 43.2 Å². The monoisotopic (exact) mass is 373 g/mol. The smallest absolute Gasteiger partial charge is 0.326 e. The number of nitrogens with two attached hydrogens (primary N) is 1. The minimum Gasteiger partial charge on any atom is -0.480 e. The number of hydrogen-bond acceptors (Lipinski definition) is 4. The molecule has 7 nitrogen and oxygen atoms in total. The van der Waals surface area contributed by atoms with Gasteiger partial charge in [0.15, 0.2) is 0 Å². The number of amides is 2. The van der Waals surface area contributed by atoms with Crippen LogP contribution in [0.5, 0.6) is 0 Å². The SMILES string of the molecule is CC(N)C(=O)NC(CC1CC1)C(=O)N1CC(c2ccccc2)CC1C(=O)O. The number of hydrogen-bond donors (Lipinski definition) is 3. The van der Waals surface area contributed by atoms with Crippen LogP contribution in [0.1, 0.15) is 44.1 Å². The fraction of sp³-hybridized carbons (Fsp3) is 0.550. The predicted molar refractivity (Wildman–Crippen MR) is 99.9 cm³/mol. The molecule has 27 heavy (non-hydrogen) atoms. The second-order valence-corrected chi connectivity index (χ2v) is 7.72. The molecule has 0 spiro atoms. The number of rotatable bonds is 7. The Hall–Kier alpha value is -2.41. The lowest BCUT2D eigenvalue weighted by Gasteiger charge is -2.28. The van der Waals surface area contributed by atoms with Crippen LogP contribution in [0, 0.1) is 5.92 Å². The second kappa shape index (κ2) is 8.08. The van der Waals surface area contributed by atoms with Gasteiger partial charge in [0, 0.05) is 12.5 Å². The van der Waals surface area contributed by atoms with Crippen molar-refractivity contribution < 1.29 is 19.5 Å². The number of likely N-dealkylation sites (tertiary alicyclic amines) is 1. The molecule has 3 rings (SSSR count). The summed E-state index contributed by atoms with van der Waals surface area (Å²) in [6.45, 7) is 1.91. The first-order valence-corrected chi connectivity index (χ1v) is 9.51. The summed E-state index contributed by atoms with van der Waals surface area (Å²) in [6.07, 6.45) is 2.98. The molecule has 1 aliphatic heterocycles. The summed E-state index contributed by atoms with van der Waals surface area (Å²) in [5.74, 6) is -1.34. The maximum absolute atomic E-state index is 13.2. The molecule has 7 heteroatoms. The van der Waals surface area contributed by atoms with E-state index in [2.05, 4.69) is 5.32 Å². The lowest BCUT2D eigenvalue weighted by atomic mass is 9.96. The van der Waals surface area contributed by atoms with Gasteiger partial charge in [0.25, 0.3) is 0 Å². The van der Waals surface area contributed by atoms with Crippen molar-refractivity contribution in [3.63, 3.8) is 0 Å². The number of carbonyl (C=O) groups is 3. The topological polar surface area (TPSA) is 113 Å². The molecule has 1 aromatic carbocycles. The summed E-state index contributed by atoms with van der Waals surface area (Å²) < 4.78 is 0. The summed E-state index contributed by atoms with van der Waals surface area (Å²) >= 11 is 0. The highest BCUT2D eigenvalue weighted by Gasteiger charge is 2.43. The molecule has 2 fully saturated rings. The molecule has 146 valence electrons. The van der Waals surface area contributed by atoms with E-state index in [0.717, 1.165) is 18.4 Å². The second-order valence-electron chi connectivity index (χ2n) is 7.72. The Morgan fingerprint density at radius 1 is 1.26 bits per heavy atom. The van der Waals surface area contributed by atoms with Crippen LogP contribution < -0.4 is 11.1 Å². The summed E-state index contributed by atoms with van der Waals surface area (Å²) in [7, 11) is 0. The molecule has 0 bridgehead atoms. The molecular weight excluding hydrogens is 346 g/mol. The zero-order valence-corrected chi connectivity index (χ0v) is 15.5. The van der Waals surface area contributed by atoms with Gasteiger partial charge in [-0.25, -0.2) is 4.79 Å². The lowest BCUT2D eigenvalue weighted by Crippen LogP contribution is -2.54. The van der Waals surface area contributed by atoms with Crippen LogP contribution in [-0.2, 0) is 14.4 Å². The normalized spacial score (nSPS) is 24.3. The highest BCUT2D eigenvalue weighted by Crippen LogP contribution is 2.36. The first-order valence-electron chi connectivity index (χ1n) is 9.51. The molecule has 2 aliphatic rings. The largest absolute Gasteiger partial charge is 0.480 e. The number of carboxylic acid groups (broad SMARTS) is 1. The molecule has 4 atom stereocenters. The maximum Gasteiger partial charge on any atom is 0.326 e. The average molecular weight is 373 g/mol. The van der Waals surface area contributed by atoms with Gasteiger partial charge in [0.05, 0.1) is 6.04 Å². The quantitative estimate of drug-likeness (QED) is 0.662. The molecule has 0 radical (unpaired) electrons. The van der Waals surface area contributed by atoms with E-state index < -0.39 is 24.1 Å². The van der Waals surface area contributed by atoms with E-state index >= 15 is 0 Å². The molecule has 1 saturated carbocycles. The number of carbonyl (C=O) groups excluding carboxylic acids is 2. The van der Waals surface area contributed by atoms with Gasteiger partial charge in [-0.2, -0.15) is 0 Å². The summed E-state index contributed by atoms with van der Waals surface area (Å²) in [4.78, 5) is 38.4. The van der Waals surface area contributed by atoms with Gasteiger partial charge in [-0.3, -0.25) is 9.59 Å². The van der Waals surface area contributed by atoms with E-state index in [1.165, 1.54) is 4.90 Å². The van der Waals surface area contributed by atoms with Gasteiger partial charge >= 0.3 is 5.97 Å². The third-order valence-electron chi connectivity index (χ3n) is 5.43. The summed E-state index contributed by atoms with van der Waals surface area (Å²) in [6, 6.07) is 7.33. The average Bonchev–Trinajstić information content (AvgIpc) is 3.35. The standard InChI is InChI=1S/C20H27N3O4/c1-12(21)18(24)22-16(9-13-7-8-13)19(25)23-11-15(10-17(23)20(26)27)14-5-3-2-4-6-14/h2-6,12-13,15-17H,7-11,21H2,1H3,(H,22,24)(H,26,27). The van der Waals surface area contributed by atoms with Crippen molar-refractivity contribution in [1.29, 1.82) is 0 Å². The van der Waals surface area contributed by atoms with Gasteiger partial charge in [0.2, 0.25) is 11.8 Å². The van der Waals surface area contributed by atoms with Gasteiger partial charge in [-0.05, 0) is 31.2 Å². The maximum atomic E-state index is 13.2. The van der Waals surface area contributed by atoms with Crippen LogP contribution in [0.15, 0.2) is 30.3 Å². The molecule has 0 aromatic heterocycles. The fourth-order valence-electron chi connectivity index (χ4n) is 3.69. The molecule has 1 aromatic rings. The molecule has 4 N–H and O–H groups in total. The Kier molecular flexibility index (Phi) is 5.79. The highest BCUT2D eigenvalue weighted by molar-refractivity contribution is 5.92. The van der Waals surface area contributed by atoms with E-state index in [1.807, 2.05) is 30.3 Å². The Morgan fingerprint density at radius 3 is 2.48 bits per heavy atom. The Balaban J connectivity index is 1.78. The molecule has 1 saturated heterocycles. The van der Waals surface area contributed by atoms with Crippen LogP contribution in [0.3, 0.4) is 0 Å². The van der Waals surface area contributed by atoms with Crippen molar-refractivity contribution >= 4 is 17.8 Å². The summed E-state index contributed by atoms with van der Waals surface area (Å²) in [5, 5.41) is 12.4. The van der Waals surface area contributed by atoms with E-state index in [0.29, 0.717) is 25.3 Å². The predicted octanol–water partition coefficient (Wildman–Crippen LogP) is 1.09. The van der Waals surface area contributed by atoms with E-state index in [-0.39, 0.29) is 17.7 Å². The number of carboxylic acids is 1. The van der Waals surface area contributed by atoms with E-state index in [4.69, 9.17) is 5.73 Å². The molecule has 2 amide bonds. The fourth-order valence-corrected chi connectivity index (χ4v) is 3.69. The zero-order valence-electron chi connectivity index (χ0n) is 15.5. The number of aliphatic carboxylic acids is 1. The summed E-state index contributed by atoms with van der Waals surface area (Å²) in [5.41, 5.74) is 6.65. The van der Waals surface area contributed by atoms with Crippen molar-refractivity contribution in [2.45, 2.75) is 56.7 Å². The van der Waals surface area contributed by atoms with Crippen LogP contribution >= 0.6 is 0 Å². The zero-order chi connectivity index (χ0) is 19.6. The first-order chi connectivity index (χ1) is 12.9. The van der Waals surface area contributed by atoms with Crippen LogP contribution in [0.2, 0.25) is 0 Å². The number of nitrogens with one attached hydrogen (secondary N) is 1. The van der Waals surface area contributed by atoms with E-state index in [1.54, 1.807) is 6.92 Å². The van der Waals surface area contributed by atoms with Crippen molar-refractivity contribution in [3.05, 3.63) is 35.9 Å². The Labute approximate surface area is 158 Å². The third-order valence-corrected chi connectivity index (χ3v) is 5.43. The molecule has 4 unspecified atom stereocenters. The number of benzene rings is 1. The van der Waals surface area contributed by atoms with Crippen molar-refractivity contribution in [2.75, 3.05) is 6.54 Å². The van der Waals surface area contributed by atoms with E-state index in [9.17, 15) is 19.5 Å². The Bertz CT molecular complexity index is 702. The van der Waals surface area contributed by atoms with Crippen LogP contribution in [0.4, 0.5) is 0 Å². The molecule has 1 heterocycles. The first kappa shape index (κ1) is 19.4. The van der Waals surface area contributed by atoms with Crippen molar-refractivity contribution in [1.82, 2.24) is 10.2 Å². The van der Waals surface area contributed by atoms with Crippen molar-refractivity contribution in [2.24, 2.45) is 11.7 Å². The minimum absolute atomic E-state index is 0.0260. The van der Waals surface area contributed by atoms with Gasteiger partial charge in [-0.15, -0.1) is 0 Å². The minimum atomic E-state index is -1.01. The van der Waals surface area contributed by atoms with Crippen LogP contribution in [-0.4, -0.2) is 52.5 Å².